The van der Waals surface area contributed by atoms with Gasteiger partial charge in [0.15, 0.2) is 0 Å². The largest absolute Gasteiger partial charge is 0.383 e. The summed E-state index contributed by atoms with van der Waals surface area (Å²) in [6.45, 7) is 1.29. The molecular formula is C16H20Cl2N4O3S. The fourth-order valence-corrected chi connectivity index (χ4v) is 3.05. The van der Waals surface area contributed by atoms with Gasteiger partial charge < -0.3 is 21.1 Å². The minimum absolute atomic E-state index is 0. The lowest BCUT2D eigenvalue weighted by atomic mass is 10.2. The number of hydrogen-bond acceptors (Lipinski definition) is 6. The number of benzene rings is 1. The van der Waals surface area contributed by atoms with Crippen LogP contribution in [0.2, 0.25) is 5.02 Å². The van der Waals surface area contributed by atoms with Crippen LogP contribution in [0.4, 0.5) is 5.69 Å². The van der Waals surface area contributed by atoms with Gasteiger partial charge in [-0.05, 0) is 24.7 Å². The van der Waals surface area contributed by atoms with E-state index < -0.39 is 0 Å². The summed E-state index contributed by atoms with van der Waals surface area (Å²) in [5.74, 6) is -0.640. The summed E-state index contributed by atoms with van der Waals surface area (Å²) < 4.78 is 4.87. The van der Waals surface area contributed by atoms with Gasteiger partial charge in [-0.2, -0.15) is 0 Å². The number of nitrogens with one attached hydrogen (secondary N) is 2. The number of halogens is 2. The average molecular weight is 419 g/mol. The lowest BCUT2D eigenvalue weighted by molar-refractivity contribution is 0.0936. The Morgan fingerprint density at radius 1 is 1.35 bits per heavy atom. The highest BCUT2D eigenvalue weighted by Crippen LogP contribution is 2.22. The molecule has 10 heteroatoms. The van der Waals surface area contributed by atoms with E-state index in [1.165, 1.54) is 17.4 Å². The van der Waals surface area contributed by atoms with Crippen molar-refractivity contribution in [2.45, 2.75) is 6.42 Å². The summed E-state index contributed by atoms with van der Waals surface area (Å²) in [4.78, 5) is 28.4. The van der Waals surface area contributed by atoms with Crippen LogP contribution >= 0.6 is 35.3 Å². The molecule has 0 unspecified atom stereocenters. The Hall–Kier alpha value is -1.71. The van der Waals surface area contributed by atoms with Gasteiger partial charge in [-0.3, -0.25) is 9.59 Å². The maximum atomic E-state index is 12.2. The van der Waals surface area contributed by atoms with Gasteiger partial charge in [-0.1, -0.05) is 11.6 Å². The van der Waals surface area contributed by atoms with Crippen molar-refractivity contribution in [3.8, 4) is 0 Å². The predicted octanol–water partition coefficient (Wildman–Crippen LogP) is 2.35. The van der Waals surface area contributed by atoms with E-state index in [1.807, 2.05) is 0 Å². The van der Waals surface area contributed by atoms with Crippen molar-refractivity contribution in [1.29, 1.82) is 0 Å². The van der Waals surface area contributed by atoms with Crippen molar-refractivity contribution in [2.75, 3.05) is 32.1 Å². The molecule has 0 saturated heterocycles. The number of rotatable bonds is 8. The first-order chi connectivity index (χ1) is 12.0. The molecule has 2 rings (SSSR count). The van der Waals surface area contributed by atoms with Crippen molar-refractivity contribution in [3.63, 3.8) is 0 Å². The minimum Gasteiger partial charge on any atom is -0.383 e. The first-order valence-electron chi connectivity index (χ1n) is 7.57. The minimum atomic E-state index is -0.340. The fourth-order valence-electron chi connectivity index (χ4n) is 1.99. The van der Waals surface area contributed by atoms with Crippen LogP contribution in [0, 0.1) is 0 Å². The number of anilines is 1. The fraction of sp³-hybridized carbons (Fsp3) is 0.312. The average Bonchev–Trinajstić information content (AvgIpc) is 3.04. The molecule has 1 aromatic heterocycles. The Morgan fingerprint density at radius 2 is 2.12 bits per heavy atom. The van der Waals surface area contributed by atoms with Crippen molar-refractivity contribution < 1.29 is 14.3 Å². The number of nitrogens with two attached hydrogens (primary N) is 1. The van der Waals surface area contributed by atoms with Gasteiger partial charge in [0.1, 0.15) is 5.69 Å². The van der Waals surface area contributed by atoms with Crippen LogP contribution < -0.4 is 16.4 Å². The Labute approximate surface area is 166 Å². The maximum absolute atomic E-state index is 12.2. The second kappa shape index (κ2) is 11.1. The highest BCUT2D eigenvalue weighted by Gasteiger charge is 2.14. The van der Waals surface area contributed by atoms with E-state index in [2.05, 4.69) is 15.6 Å². The topological polar surface area (TPSA) is 106 Å². The molecule has 0 atom stereocenters. The zero-order chi connectivity index (χ0) is 18.2. The first kappa shape index (κ1) is 22.3. The number of thiazole rings is 1. The number of nitrogens with zero attached hydrogens (tertiary/aromatic N) is 1. The summed E-state index contributed by atoms with van der Waals surface area (Å²) >= 11 is 7.53. The van der Waals surface area contributed by atoms with Crippen molar-refractivity contribution in [1.82, 2.24) is 10.3 Å². The molecule has 2 amide bonds. The van der Waals surface area contributed by atoms with E-state index in [4.69, 9.17) is 22.1 Å². The molecule has 0 radical (unpaired) electrons. The van der Waals surface area contributed by atoms with Gasteiger partial charge >= 0.3 is 0 Å². The summed E-state index contributed by atoms with van der Waals surface area (Å²) in [5.41, 5.74) is 6.61. The zero-order valence-electron chi connectivity index (χ0n) is 14.1. The summed E-state index contributed by atoms with van der Waals surface area (Å²) in [7, 11) is 1.55. The Balaban J connectivity index is 0.00000338. The SMILES string of the molecule is COCCNC(=O)c1ccc(NC(=O)c2csc(CCN)n2)cc1Cl.Cl. The number of methoxy groups -OCH3 is 1. The molecular weight excluding hydrogens is 399 g/mol. The molecule has 1 aromatic carbocycles. The molecule has 0 saturated carbocycles. The zero-order valence-corrected chi connectivity index (χ0v) is 16.5. The molecule has 0 aliphatic carbocycles. The number of aromatic nitrogens is 1. The smallest absolute Gasteiger partial charge is 0.275 e. The Bertz CT molecular complexity index is 755. The van der Waals surface area contributed by atoms with Crippen molar-refractivity contribution in [3.05, 3.63) is 44.9 Å². The predicted molar refractivity (Wildman–Crippen MR) is 106 cm³/mol. The van der Waals surface area contributed by atoms with Gasteiger partial charge in [0.25, 0.3) is 11.8 Å². The van der Waals surface area contributed by atoms with Gasteiger partial charge in [-0.25, -0.2) is 4.98 Å². The molecule has 0 spiro atoms. The van der Waals surface area contributed by atoms with E-state index >= 15 is 0 Å². The van der Waals surface area contributed by atoms with Gasteiger partial charge in [-0.15, -0.1) is 23.7 Å². The molecule has 7 nitrogen and oxygen atoms in total. The van der Waals surface area contributed by atoms with Crippen LogP contribution in [-0.4, -0.2) is 43.6 Å². The number of carbonyl (C=O) groups excluding carboxylic acids is 2. The lowest BCUT2D eigenvalue weighted by Crippen LogP contribution is -2.27. The highest BCUT2D eigenvalue weighted by molar-refractivity contribution is 7.09. The lowest BCUT2D eigenvalue weighted by Gasteiger charge is -2.09. The van der Waals surface area contributed by atoms with Gasteiger partial charge in [0, 0.05) is 31.1 Å². The third kappa shape index (κ3) is 6.22. The normalized spacial score (nSPS) is 10.1. The van der Waals surface area contributed by atoms with Crippen molar-refractivity contribution in [2.24, 2.45) is 5.73 Å². The summed E-state index contributed by atoms with van der Waals surface area (Å²) in [6, 6.07) is 4.70. The highest BCUT2D eigenvalue weighted by atomic mass is 35.5. The molecule has 0 bridgehead atoms. The van der Waals surface area contributed by atoms with Crippen LogP contribution in [0.5, 0.6) is 0 Å². The molecule has 142 valence electrons. The number of ether oxygens (including phenoxy) is 1. The molecule has 2 aromatic rings. The number of carbonyl (C=O) groups is 2. The Morgan fingerprint density at radius 3 is 2.77 bits per heavy atom. The maximum Gasteiger partial charge on any atom is 0.275 e. The second-order valence-electron chi connectivity index (χ2n) is 5.06. The number of amides is 2. The van der Waals surface area contributed by atoms with Gasteiger partial charge in [0.05, 0.1) is 22.2 Å². The van der Waals surface area contributed by atoms with E-state index in [1.54, 1.807) is 24.6 Å². The molecule has 0 aliphatic rings. The molecule has 0 aliphatic heterocycles. The standard InChI is InChI=1S/C16H19ClN4O3S.ClH/c1-24-7-6-19-15(22)11-3-2-10(8-12(11)17)20-16(23)13-9-25-14(21-13)4-5-18;/h2-3,8-9H,4-7,18H2,1H3,(H,19,22)(H,20,23);1H. The molecule has 4 N–H and O–H groups in total. The number of hydrogen-bond donors (Lipinski definition) is 3. The third-order valence-corrected chi connectivity index (χ3v) is 4.43. The summed E-state index contributed by atoms with van der Waals surface area (Å²) in [6.07, 6.45) is 0.636. The molecule has 1 heterocycles. The molecule has 0 fully saturated rings. The van der Waals surface area contributed by atoms with Crippen molar-refractivity contribution >= 4 is 52.8 Å². The van der Waals surface area contributed by atoms with Gasteiger partial charge in [0.2, 0.25) is 0 Å². The summed E-state index contributed by atoms with van der Waals surface area (Å²) in [5, 5.41) is 8.14. The second-order valence-corrected chi connectivity index (χ2v) is 6.41. The van der Waals surface area contributed by atoms with E-state index in [0.717, 1.165) is 5.01 Å². The quantitative estimate of drug-likeness (QED) is 0.570. The monoisotopic (exact) mass is 418 g/mol. The van der Waals surface area contributed by atoms with E-state index in [-0.39, 0.29) is 29.2 Å². The first-order valence-corrected chi connectivity index (χ1v) is 8.83. The Kier molecular flexibility index (Phi) is 9.53. The van der Waals surface area contributed by atoms with E-state index in [0.29, 0.717) is 43.1 Å². The third-order valence-electron chi connectivity index (χ3n) is 3.21. The van der Waals surface area contributed by atoms with Crippen LogP contribution in [0.15, 0.2) is 23.6 Å². The van der Waals surface area contributed by atoms with Crippen LogP contribution in [-0.2, 0) is 11.2 Å². The van der Waals surface area contributed by atoms with Crippen LogP contribution in [0.25, 0.3) is 0 Å². The molecule has 26 heavy (non-hydrogen) atoms. The van der Waals surface area contributed by atoms with Crippen LogP contribution in [0.1, 0.15) is 25.9 Å². The van der Waals surface area contributed by atoms with Crippen LogP contribution in [0.3, 0.4) is 0 Å². The van der Waals surface area contributed by atoms with E-state index in [9.17, 15) is 9.59 Å².